The van der Waals surface area contributed by atoms with Crippen LogP contribution in [0.2, 0.25) is 0 Å². The summed E-state index contributed by atoms with van der Waals surface area (Å²) in [5.74, 6) is 1.53. The first-order valence-electron chi connectivity index (χ1n) is 7.31. The summed E-state index contributed by atoms with van der Waals surface area (Å²) in [6.07, 6.45) is 7.06. The molecule has 1 N–H and O–H groups in total. The zero-order valence-electron chi connectivity index (χ0n) is 11.6. The average Bonchev–Trinajstić information content (AvgIpc) is 2.40. The molecule has 0 radical (unpaired) electrons. The molecule has 2 nitrogen and oxygen atoms in total. The van der Waals surface area contributed by atoms with Crippen molar-refractivity contribution >= 4 is 15.9 Å². The summed E-state index contributed by atoms with van der Waals surface area (Å²) in [7, 11) is 0. The van der Waals surface area contributed by atoms with Crippen LogP contribution in [0.1, 0.15) is 57.1 Å². The minimum atomic E-state index is -0.367. The molecule has 0 amide bonds. The average molecular weight is 327 g/mol. The number of halogens is 1. The molecule has 1 unspecified atom stereocenters. The van der Waals surface area contributed by atoms with Gasteiger partial charge < -0.3 is 9.84 Å². The second kappa shape index (κ2) is 7.30. The molecule has 1 saturated carbocycles. The van der Waals surface area contributed by atoms with Crippen molar-refractivity contribution in [1.82, 2.24) is 0 Å². The van der Waals surface area contributed by atoms with Crippen LogP contribution in [0.25, 0.3) is 0 Å². The van der Waals surface area contributed by atoms with Gasteiger partial charge in [0.1, 0.15) is 5.75 Å². The predicted octanol–water partition coefficient (Wildman–Crippen LogP) is 4.85. The first-order valence-corrected chi connectivity index (χ1v) is 8.10. The highest BCUT2D eigenvalue weighted by Crippen LogP contribution is 2.35. The second-order valence-electron chi connectivity index (χ2n) is 5.37. The molecule has 19 heavy (non-hydrogen) atoms. The van der Waals surface area contributed by atoms with Crippen LogP contribution in [0.15, 0.2) is 22.7 Å². The van der Waals surface area contributed by atoms with E-state index in [1.807, 2.05) is 25.1 Å². The zero-order valence-corrected chi connectivity index (χ0v) is 13.2. The van der Waals surface area contributed by atoms with E-state index in [-0.39, 0.29) is 6.10 Å². The van der Waals surface area contributed by atoms with Gasteiger partial charge in [0.2, 0.25) is 0 Å². The lowest BCUT2D eigenvalue weighted by atomic mass is 9.84. The molecule has 1 aliphatic carbocycles. The Hall–Kier alpha value is -0.540. The van der Waals surface area contributed by atoms with Crippen molar-refractivity contribution in [1.29, 1.82) is 0 Å². The van der Waals surface area contributed by atoms with Crippen LogP contribution in [0.3, 0.4) is 0 Å². The van der Waals surface area contributed by atoms with Crippen LogP contribution < -0.4 is 4.74 Å². The molecule has 1 aliphatic rings. The second-order valence-corrected chi connectivity index (χ2v) is 6.23. The van der Waals surface area contributed by atoms with Gasteiger partial charge in [-0.15, -0.1) is 0 Å². The van der Waals surface area contributed by atoms with Gasteiger partial charge in [0.25, 0.3) is 0 Å². The number of hydrogen-bond acceptors (Lipinski definition) is 2. The number of benzene rings is 1. The topological polar surface area (TPSA) is 29.5 Å². The van der Waals surface area contributed by atoms with Crippen LogP contribution in [-0.2, 0) is 0 Å². The van der Waals surface area contributed by atoms with Crippen molar-refractivity contribution in [3.63, 3.8) is 0 Å². The number of ether oxygens (including phenoxy) is 1. The maximum atomic E-state index is 10.4. The SMILES string of the molecule is CCOc1ccc(C(O)CC2CCCCC2)c(Br)c1. The van der Waals surface area contributed by atoms with Gasteiger partial charge in [-0.25, -0.2) is 0 Å². The monoisotopic (exact) mass is 326 g/mol. The molecular weight excluding hydrogens is 304 g/mol. The van der Waals surface area contributed by atoms with E-state index in [9.17, 15) is 5.11 Å². The molecule has 1 aromatic rings. The Morgan fingerprint density at radius 2 is 2.05 bits per heavy atom. The largest absolute Gasteiger partial charge is 0.494 e. The third-order valence-corrected chi connectivity index (χ3v) is 4.61. The highest BCUT2D eigenvalue weighted by molar-refractivity contribution is 9.10. The molecule has 0 saturated heterocycles. The molecule has 0 aromatic heterocycles. The Kier molecular flexibility index (Phi) is 5.71. The third-order valence-electron chi connectivity index (χ3n) is 3.92. The Morgan fingerprint density at radius 1 is 1.32 bits per heavy atom. The Balaban J connectivity index is 1.99. The lowest BCUT2D eigenvalue weighted by Gasteiger charge is -2.24. The molecule has 0 bridgehead atoms. The molecule has 0 spiro atoms. The van der Waals surface area contributed by atoms with E-state index in [0.717, 1.165) is 22.2 Å². The summed E-state index contributed by atoms with van der Waals surface area (Å²) in [6, 6.07) is 5.86. The summed E-state index contributed by atoms with van der Waals surface area (Å²) in [4.78, 5) is 0. The van der Waals surface area contributed by atoms with Gasteiger partial charge >= 0.3 is 0 Å². The van der Waals surface area contributed by atoms with Crippen LogP contribution in [0.5, 0.6) is 5.75 Å². The van der Waals surface area contributed by atoms with Crippen LogP contribution in [0.4, 0.5) is 0 Å². The van der Waals surface area contributed by atoms with Crippen molar-refractivity contribution in [3.8, 4) is 5.75 Å². The summed E-state index contributed by atoms with van der Waals surface area (Å²) < 4.78 is 6.41. The van der Waals surface area contributed by atoms with Crippen molar-refractivity contribution in [3.05, 3.63) is 28.2 Å². The van der Waals surface area contributed by atoms with E-state index < -0.39 is 0 Å². The van der Waals surface area contributed by atoms with Crippen molar-refractivity contribution in [2.45, 2.75) is 51.6 Å². The molecular formula is C16H23BrO2. The van der Waals surface area contributed by atoms with Crippen molar-refractivity contribution < 1.29 is 9.84 Å². The standard InChI is InChI=1S/C16H23BrO2/c1-2-19-13-8-9-14(15(17)11-13)16(18)10-12-6-4-3-5-7-12/h8-9,11-12,16,18H,2-7,10H2,1H3. The molecule has 0 heterocycles. The summed E-state index contributed by atoms with van der Waals surface area (Å²) in [5, 5.41) is 10.4. The first kappa shape index (κ1) is 14.9. The fraction of sp³-hybridized carbons (Fsp3) is 0.625. The third kappa shape index (κ3) is 4.22. The van der Waals surface area contributed by atoms with Gasteiger partial charge in [0, 0.05) is 4.47 Å². The smallest absolute Gasteiger partial charge is 0.120 e. The number of hydrogen-bond donors (Lipinski definition) is 1. The zero-order chi connectivity index (χ0) is 13.7. The van der Waals surface area contributed by atoms with Gasteiger partial charge in [-0.05, 0) is 37.0 Å². The molecule has 1 atom stereocenters. The Labute approximate surface area is 124 Å². The van der Waals surface area contributed by atoms with E-state index in [4.69, 9.17) is 4.74 Å². The first-order chi connectivity index (χ1) is 9.20. The fourth-order valence-electron chi connectivity index (χ4n) is 2.90. The predicted molar refractivity (Wildman–Crippen MR) is 81.5 cm³/mol. The maximum Gasteiger partial charge on any atom is 0.120 e. The summed E-state index contributed by atoms with van der Waals surface area (Å²) in [6.45, 7) is 2.64. The van der Waals surface area contributed by atoms with E-state index >= 15 is 0 Å². The Bertz CT molecular complexity index is 400. The summed E-state index contributed by atoms with van der Waals surface area (Å²) in [5.41, 5.74) is 0.981. The highest BCUT2D eigenvalue weighted by atomic mass is 79.9. The van der Waals surface area contributed by atoms with Crippen LogP contribution in [-0.4, -0.2) is 11.7 Å². The van der Waals surface area contributed by atoms with E-state index in [1.165, 1.54) is 32.1 Å². The molecule has 1 fully saturated rings. The van der Waals surface area contributed by atoms with Gasteiger partial charge in [-0.3, -0.25) is 0 Å². The molecule has 1 aromatic carbocycles. The highest BCUT2D eigenvalue weighted by Gasteiger charge is 2.20. The fourth-order valence-corrected chi connectivity index (χ4v) is 3.52. The quantitative estimate of drug-likeness (QED) is 0.837. The van der Waals surface area contributed by atoms with Crippen LogP contribution >= 0.6 is 15.9 Å². The van der Waals surface area contributed by atoms with Gasteiger partial charge in [0.15, 0.2) is 0 Å². The van der Waals surface area contributed by atoms with Gasteiger partial charge in [-0.1, -0.05) is 54.1 Å². The number of rotatable bonds is 5. The molecule has 3 heteroatoms. The van der Waals surface area contributed by atoms with Gasteiger partial charge in [0.05, 0.1) is 12.7 Å². The summed E-state index contributed by atoms with van der Waals surface area (Å²) >= 11 is 3.54. The lowest BCUT2D eigenvalue weighted by Crippen LogP contribution is -2.11. The maximum absolute atomic E-state index is 10.4. The van der Waals surface area contributed by atoms with Gasteiger partial charge in [-0.2, -0.15) is 0 Å². The minimum absolute atomic E-state index is 0.367. The van der Waals surface area contributed by atoms with Crippen LogP contribution in [0, 0.1) is 5.92 Å². The Morgan fingerprint density at radius 3 is 2.68 bits per heavy atom. The van der Waals surface area contributed by atoms with E-state index in [1.54, 1.807) is 0 Å². The normalized spacial score (nSPS) is 18.3. The van der Waals surface area contributed by atoms with E-state index in [2.05, 4.69) is 15.9 Å². The number of aliphatic hydroxyl groups excluding tert-OH is 1. The minimum Gasteiger partial charge on any atom is -0.494 e. The molecule has 2 rings (SSSR count). The molecule has 106 valence electrons. The van der Waals surface area contributed by atoms with Crippen molar-refractivity contribution in [2.24, 2.45) is 5.92 Å². The number of aliphatic hydroxyl groups is 1. The lowest BCUT2D eigenvalue weighted by molar-refractivity contribution is 0.130. The van der Waals surface area contributed by atoms with E-state index in [0.29, 0.717) is 12.5 Å². The van der Waals surface area contributed by atoms with Crippen molar-refractivity contribution in [2.75, 3.05) is 6.61 Å². The molecule has 0 aliphatic heterocycles.